The number of hydrogen-bond acceptors (Lipinski definition) is 0. The lowest BCUT2D eigenvalue weighted by atomic mass is 9.81. The summed E-state index contributed by atoms with van der Waals surface area (Å²) in [6.07, 6.45) is 0. The summed E-state index contributed by atoms with van der Waals surface area (Å²) in [4.78, 5) is 0. The van der Waals surface area contributed by atoms with Gasteiger partial charge in [0.25, 0.3) is 0 Å². The van der Waals surface area contributed by atoms with Gasteiger partial charge in [0.05, 0.1) is 11.0 Å². The van der Waals surface area contributed by atoms with Gasteiger partial charge in [0.15, 0.2) is 0 Å². The van der Waals surface area contributed by atoms with Crippen LogP contribution in [0.25, 0.3) is 60.9 Å². The van der Waals surface area contributed by atoms with E-state index >= 15 is 0 Å². The van der Waals surface area contributed by atoms with Crippen molar-refractivity contribution in [3.63, 3.8) is 0 Å². The number of aromatic nitrogens is 1. The van der Waals surface area contributed by atoms with Crippen LogP contribution in [0.3, 0.4) is 0 Å². The topological polar surface area (TPSA) is 4.93 Å². The Hall–Kier alpha value is -4.88. The lowest BCUT2D eigenvalue weighted by Gasteiger charge is -2.22. The summed E-state index contributed by atoms with van der Waals surface area (Å²) in [5.74, 6) is 0. The Labute approximate surface area is 241 Å². The summed E-state index contributed by atoms with van der Waals surface area (Å²) < 4.78 is 2.40. The van der Waals surface area contributed by atoms with Crippen LogP contribution in [0.5, 0.6) is 0 Å². The second-order valence-electron chi connectivity index (χ2n) is 11.9. The molecule has 7 aromatic rings. The molecule has 8 rings (SSSR count). The lowest BCUT2D eigenvalue weighted by Crippen LogP contribution is -2.14. The van der Waals surface area contributed by atoms with Crippen molar-refractivity contribution in [2.75, 3.05) is 0 Å². The van der Waals surface area contributed by atoms with E-state index in [2.05, 4.69) is 159 Å². The predicted molar refractivity (Wildman–Crippen MR) is 174 cm³/mol. The summed E-state index contributed by atoms with van der Waals surface area (Å²) in [6.45, 7) is 6.85. The second kappa shape index (κ2) is 8.81. The van der Waals surface area contributed by atoms with E-state index in [4.69, 9.17) is 0 Å². The molecular weight excluding hydrogens is 494 g/mol. The molecule has 1 heteroatoms. The maximum absolute atomic E-state index is 2.40. The molecule has 0 radical (unpaired) electrons. The van der Waals surface area contributed by atoms with E-state index in [9.17, 15) is 0 Å². The first-order valence-electron chi connectivity index (χ1n) is 14.4. The zero-order valence-electron chi connectivity index (χ0n) is 23.6. The van der Waals surface area contributed by atoms with Gasteiger partial charge in [-0.25, -0.2) is 0 Å². The third-order valence-electron chi connectivity index (χ3n) is 9.07. The van der Waals surface area contributed by atoms with E-state index in [1.807, 2.05) is 0 Å². The van der Waals surface area contributed by atoms with Crippen LogP contribution in [0, 0.1) is 6.92 Å². The van der Waals surface area contributed by atoms with Crippen molar-refractivity contribution in [3.05, 3.63) is 150 Å². The number of fused-ring (bicyclic) bond motifs is 6. The van der Waals surface area contributed by atoms with Crippen LogP contribution >= 0.6 is 0 Å². The van der Waals surface area contributed by atoms with Crippen LogP contribution in [0.2, 0.25) is 0 Å². The van der Waals surface area contributed by atoms with Gasteiger partial charge in [-0.05, 0) is 87.3 Å². The summed E-state index contributed by atoms with van der Waals surface area (Å²) in [7, 11) is 0. The van der Waals surface area contributed by atoms with Crippen molar-refractivity contribution in [3.8, 4) is 39.1 Å². The van der Waals surface area contributed by atoms with Gasteiger partial charge in [-0.2, -0.15) is 0 Å². The first-order valence-corrected chi connectivity index (χ1v) is 14.4. The van der Waals surface area contributed by atoms with E-state index in [0.29, 0.717) is 0 Å². The van der Waals surface area contributed by atoms with Gasteiger partial charge in [-0.1, -0.05) is 117 Å². The van der Waals surface area contributed by atoms with Crippen LogP contribution < -0.4 is 0 Å². The lowest BCUT2D eigenvalue weighted by molar-refractivity contribution is 0.660. The molecule has 0 saturated carbocycles. The Bertz CT molecular complexity index is 2120. The largest absolute Gasteiger partial charge is 0.309 e. The molecule has 1 aromatic heterocycles. The second-order valence-corrected chi connectivity index (χ2v) is 11.9. The van der Waals surface area contributed by atoms with Crippen molar-refractivity contribution in [2.24, 2.45) is 0 Å². The summed E-state index contributed by atoms with van der Waals surface area (Å²) >= 11 is 0. The monoisotopic (exact) mass is 525 g/mol. The molecule has 1 aliphatic carbocycles. The molecule has 1 heterocycles. The Balaban J connectivity index is 1.20. The maximum atomic E-state index is 2.40. The predicted octanol–water partition coefficient (Wildman–Crippen LogP) is 10.7. The van der Waals surface area contributed by atoms with Gasteiger partial charge in [0, 0.05) is 21.9 Å². The first kappa shape index (κ1) is 24.0. The number of para-hydroxylation sites is 1. The molecule has 0 fully saturated rings. The first-order chi connectivity index (χ1) is 20.0. The van der Waals surface area contributed by atoms with E-state index < -0.39 is 0 Å². The average Bonchev–Trinajstić information content (AvgIpc) is 3.46. The minimum Gasteiger partial charge on any atom is -0.309 e. The number of aryl methyl sites for hydroxylation is 1. The van der Waals surface area contributed by atoms with Crippen molar-refractivity contribution in [2.45, 2.75) is 26.2 Å². The average molecular weight is 526 g/mol. The molecule has 6 aromatic carbocycles. The smallest absolute Gasteiger partial charge is 0.0547 e. The van der Waals surface area contributed by atoms with Gasteiger partial charge in [-0.3, -0.25) is 0 Å². The van der Waals surface area contributed by atoms with Crippen molar-refractivity contribution >= 4 is 21.8 Å². The number of benzene rings is 6. The summed E-state index contributed by atoms with van der Waals surface area (Å²) in [5.41, 5.74) is 15.5. The van der Waals surface area contributed by atoms with Gasteiger partial charge in [0.1, 0.15) is 0 Å². The third kappa shape index (κ3) is 3.62. The summed E-state index contributed by atoms with van der Waals surface area (Å²) in [5, 5.41) is 2.57. The molecule has 1 aliphatic rings. The minimum absolute atomic E-state index is 0.00698. The molecule has 196 valence electrons. The number of nitrogens with zero attached hydrogens (tertiary/aromatic N) is 1. The van der Waals surface area contributed by atoms with Gasteiger partial charge in [0.2, 0.25) is 0 Å². The van der Waals surface area contributed by atoms with Crippen molar-refractivity contribution in [1.82, 2.24) is 4.57 Å². The van der Waals surface area contributed by atoms with Crippen molar-refractivity contribution < 1.29 is 0 Å². The zero-order valence-corrected chi connectivity index (χ0v) is 23.6. The molecule has 0 amide bonds. The van der Waals surface area contributed by atoms with E-state index in [-0.39, 0.29) is 5.41 Å². The number of hydrogen-bond donors (Lipinski definition) is 0. The fraction of sp³-hybridized carbons (Fsp3) is 0.100. The standard InChI is InChI=1S/C40H31N/c1-26-9-8-10-31(23-26)41-38-14-7-5-12-34(38)35-22-20-30(25-39(35)41)28-17-15-27(16-18-28)29-19-21-33-32-11-4-6-13-36(32)40(2,3)37(33)24-29/h4-25H,1-3H3. The fourth-order valence-electron chi connectivity index (χ4n) is 6.93. The zero-order chi connectivity index (χ0) is 27.7. The van der Waals surface area contributed by atoms with E-state index in [0.717, 1.165) is 0 Å². The molecule has 0 unspecified atom stereocenters. The van der Waals surface area contributed by atoms with Crippen molar-refractivity contribution in [1.29, 1.82) is 0 Å². The highest BCUT2D eigenvalue weighted by atomic mass is 15.0. The highest BCUT2D eigenvalue weighted by molar-refractivity contribution is 6.10. The van der Waals surface area contributed by atoms with Gasteiger partial charge in [-0.15, -0.1) is 0 Å². The third-order valence-corrected chi connectivity index (χ3v) is 9.07. The molecule has 0 atom stereocenters. The van der Waals surface area contributed by atoms with Gasteiger partial charge >= 0.3 is 0 Å². The molecule has 1 nitrogen and oxygen atoms in total. The quantitative estimate of drug-likeness (QED) is 0.216. The normalized spacial score (nSPS) is 13.4. The van der Waals surface area contributed by atoms with E-state index in [1.165, 1.54) is 77.6 Å². The van der Waals surface area contributed by atoms with Crippen LogP contribution in [0.4, 0.5) is 0 Å². The fourth-order valence-corrected chi connectivity index (χ4v) is 6.93. The molecular formula is C40H31N. The number of rotatable bonds is 3. The Morgan fingerprint density at radius 3 is 1.90 bits per heavy atom. The van der Waals surface area contributed by atoms with E-state index in [1.54, 1.807) is 0 Å². The molecule has 0 bridgehead atoms. The summed E-state index contributed by atoms with van der Waals surface area (Å²) in [6, 6.07) is 49.3. The van der Waals surface area contributed by atoms with Gasteiger partial charge < -0.3 is 4.57 Å². The molecule has 0 saturated heterocycles. The highest BCUT2D eigenvalue weighted by Gasteiger charge is 2.35. The Morgan fingerprint density at radius 1 is 0.463 bits per heavy atom. The maximum Gasteiger partial charge on any atom is 0.0547 e. The Kier molecular flexibility index (Phi) is 5.15. The Morgan fingerprint density at radius 2 is 1.10 bits per heavy atom. The minimum atomic E-state index is 0.00698. The van der Waals surface area contributed by atoms with Crippen LogP contribution in [-0.2, 0) is 5.41 Å². The highest BCUT2D eigenvalue weighted by Crippen LogP contribution is 2.49. The van der Waals surface area contributed by atoms with Crippen LogP contribution in [0.15, 0.2) is 133 Å². The molecule has 0 spiro atoms. The molecule has 0 N–H and O–H groups in total. The molecule has 0 aliphatic heterocycles. The SMILES string of the molecule is Cc1cccc(-n2c3ccccc3c3ccc(-c4ccc(-c5ccc6c(c5)C(C)(C)c5ccccc5-6)cc4)cc32)c1. The van der Waals surface area contributed by atoms with Crippen LogP contribution in [0.1, 0.15) is 30.5 Å². The van der Waals surface area contributed by atoms with Crippen LogP contribution in [-0.4, -0.2) is 4.57 Å². The molecule has 41 heavy (non-hydrogen) atoms.